The summed E-state index contributed by atoms with van der Waals surface area (Å²) in [5.74, 6) is -3.68. The van der Waals surface area contributed by atoms with Gasteiger partial charge in [-0.2, -0.15) is 0 Å². The molecule has 13 heteroatoms. The Hall–Kier alpha value is -3.44. The van der Waals surface area contributed by atoms with E-state index in [1.165, 1.54) is 30.5 Å². The molecule has 11 nitrogen and oxygen atoms in total. The lowest BCUT2D eigenvalue weighted by atomic mass is 10.1. The maximum absolute atomic E-state index is 13.4. The summed E-state index contributed by atoms with van der Waals surface area (Å²) < 4.78 is 0. The van der Waals surface area contributed by atoms with Crippen molar-refractivity contribution in [3.05, 3.63) is 46.1 Å². The molecule has 4 amide bonds. The van der Waals surface area contributed by atoms with Crippen molar-refractivity contribution in [2.24, 2.45) is 0 Å². The average Bonchev–Trinajstić information content (AvgIpc) is 2.92. The first-order chi connectivity index (χ1) is 16.6. The number of carbonyl (C=O) groups is 6. The van der Waals surface area contributed by atoms with Gasteiger partial charge in [-0.15, -0.1) is 0 Å². The number of amides is 4. The third-order valence-electron chi connectivity index (χ3n) is 5.45. The Bertz CT molecular complexity index is 1070. The van der Waals surface area contributed by atoms with Gasteiger partial charge in [0.25, 0.3) is 11.8 Å². The van der Waals surface area contributed by atoms with Crippen LogP contribution in [-0.2, 0) is 24.0 Å². The molecular weight excluding hydrogens is 503 g/mol. The van der Waals surface area contributed by atoms with Crippen LogP contribution in [0.3, 0.4) is 0 Å². The highest BCUT2D eigenvalue weighted by Crippen LogP contribution is 2.25. The normalized spacial score (nSPS) is 20.5. The van der Waals surface area contributed by atoms with E-state index < -0.39 is 47.7 Å². The summed E-state index contributed by atoms with van der Waals surface area (Å²) in [6, 6.07) is 0.778. The summed E-state index contributed by atoms with van der Waals surface area (Å²) >= 11 is 11.9. The minimum Gasteiger partial charge on any atom is -0.481 e. The van der Waals surface area contributed by atoms with Crippen LogP contribution in [0.25, 0.3) is 0 Å². The number of aliphatic carboxylic acids is 1. The molecule has 3 rings (SSSR count). The number of carbonyl (C=O) groups excluding carboxylic acids is 5. The van der Waals surface area contributed by atoms with Gasteiger partial charge < -0.3 is 20.5 Å². The summed E-state index contributed by atoms with van der Waals surface area (Å²) in [7, 11) is 0. The van der Waals surface area contributed by atoms with Crippen molar-refractivity contribution in [1.82, 2.24) is 20.7 Å². The number of halogens is 2. The number of hydrogen-bond acceptors (Lipinski definition) is 6. The van der Waals surface area contributed by atoms with Crippen LogP contribution in [-0.4, -0.2) is 69.1 Å². The zero-order valence-corrected chi connectivity index (χ0v) is 19.8. The molecule has 3 atom stereocenters. The van der Waals surface area contributed by atoms with E-state index in [0.717, 1.165) is 10.0 Å². The first-order valence-electron chi connectivity index (χ1n) is 10.7. The van der Waals surface area contributed by atoms with Crippen molar-refractivity contribution < 1.29 is 33.9 Å². The quantitative estimate of drug-likeness (QED) is 0.433. The molecule has 186 valence electrons. The standard InChI is InChI=1S/C22H22Cl2N4O7/c23-13-8-12(9-14(24)10-13)20(33)26-16-4-5-18(30)27-7-1-2-17(28(27)22(16)35)21(34)25-15(11-29)3-6-19(31)32/h1,7-11,15-17H,2-6H2,(H,25,34)(H,26,33)(H,31,32)/t15-,16-,17-/m0/s1. The molecule has 0 saturated carbocycles. The van der Waals surface area contributed by atoms with Crippen LogP contribution in [0.5, 0.6) is 0 Å². The van der Waals surface area contributed by atoms with Crippen LogP contribution in [0.2, 0.25) is 10.0 Å². The molecule has 0 bridgehead atoms. The first kappa shape index (κ1) is 26.2. The Morgan fingerprint density at radius 2 is 1.86 bits per heavy atom. The molecule has 3 N–H and O–H groups in total. The van der Waals surface area contributed by atoms with Crippen LogP contribution in [0.4, 0.5) is 0 Å². The lowest BCUT2D eigenvalue weighted by Crippen LogP contribution is -2.61. The van der Waals surface area contributed by atoms with Crippen LogP contribution in [0.15, 0.2) is 30.5 Å². The van der Waals surface area contributed by atoms with Gasteiger partial charge in [0.1, 0.15) is 18.4 Å². The Labute approximate surface area is 210 Å². The van der Waals surface area contributed by atoms with Crippen molar-refractivity contribution >= 4 is 59.1 Å². The van der Waals surface area contributed by atoms with Crippen LogP contribution in [0, 0.1) is 0 Å². The number of hydrogen-bond donors (Lipinski definition) is 3. The minimum atomic E-state index is -1.19. The van der Waals surface area contributed by atoms with Gasteiger partial charge in [-0.1, -0.05) is 29.3 Å². The fourth-order valence-electron chi connectivity index (χ4n) is 3.75. The third kappa shape index (κ3) is 6.37. The Morgan fingerprint density at radius 3 is 2.49 bits per heavy atom. The molecule has 1 aromatic carbocycles. The first-order valence-corrected chi connectivity index (χ1v) is 11.4. The van der Waals surface area contributed by atoms with Crippen LogP contribution >= 0.6 is 23.2 Å². The maximum atomic E-state index is 13.4. The van der Waals surface area contributed by atoms with Gasteiger partial charge in [0.05, 0.1) is 6.04 Å². The number of hydrazine groups is 1. The second kappa shape index (κ2) is 11.3. The SMILES string of the molecule is O=C[C@H](CCC(=O)O)NC(=O)[C@@H]1CC=CN2C(=O)CC[C@H](NC(=O)c3cc(Cl)cc(Cl)c3)C(=O)N12. The Morgan fingerprint density at radius 1 is 1.17 bits per heavy atom. The van der Waals surface area contributed by atoms with Crippen molar-refractivity contribution in [2.75, 3.05) is 0 Å². The van der Waals surface area contributed by atoms with E-state index in [4.69, 9.17) is 28.3 Å². The highest BCUT2D eigenvalue weighted by Gasteiger charge is 2.43. The Balaban J connectivity index is 1.81. The monoisotopic (exact) mass is 524 g/mol. The van der Waals surface area contributed by atoms with Gasteiger partial charge >= 0.3 is 5.97 Å². The van der Waals surface area contributed by atoms with Crippen LogP contribution in [0.1, 0.15) is 42.5 Å². The van der Waals surface area contributed by atoms with Gasteiger partial charge in [0.2, 0.25) is 11.8 Å². The predicted octanol–water partition coefficient (Wildman–Crippen LogP) is 1.29. The molecule has 2 aliphatic heterocycles. The topological polar surface area (TPSA) is 153 Å². The molecule has 0 spiro atoms. The molecule has 35 heavy (non-hydrogen) atoms. The predicted molar refractivity (Wildman–Crippen MR) is 123 cm³/mol. The molecule has 0 radical (unpaired) electrons. The summed E-state index contributed by atoms with van der Waals surface area (Å²) in [6.07, 6.45) is 2.77. The average molecular weight is 525 g/mol. The number of rotatable bonds is 8. The zero-order chi connectivity index (χ0) is 25.7. The number of fused-ring (bicyclic) bond motifs is 1. The van der Waals surface area contributed by atoms with Gasteiger partial charge in [0, 0.05) is 34.7 Å². The lowest BCUT2D eigenvalue weighted by Gasteiger charge is -2.39. The zero-order valence-electron chi connectivity index (χ0n) is 18.3. The maximum Gasteiger partial charge on any atom is 0.303 e. The number of carboxylic acid groups (broad SMARTS) is 1. The largest absolute Gasteiger partial charge is 0.481 e. The highest BCUT2D eigenvalue weighted by molar-refractivity contribution is 6.35. The summed E-state index contributed by atoms with van der Waals surface area (Å²) in [5.41, 5.74) is 0.114. The minimum absolute atomic E-state index is 0.0115. The Kier molecular flexibility index (Phi) is 8.47. The van der Waals surface area contributed by atoms with E-state index in [1.54, 1.807) is 0 Å². The number of carboxylic acids is 1. The van der Waals surface area contributed by atoms with E-state index in [-0.39, 0.29) is 47.7 Å². The fourth-order valence-corrected chi connectivity index (χ4v) is 4.28. The van der Waals surface area contributed by atoms with Gasteiger partial charge in [0.15, 0.2) is 0 Å². The smallest absolute Gasteiger partial charge is 0.303 e. The van der Waals surface area contributed by atoms with Gasteiger partial charge in [-0.25, -0.2) is 10.0 Å². The van der Waals surface area contributed by atoms with E-state index in [9.17, 15) is 28.8 Å². The molecule has 1 aromatic rings. The van der Waals surface area contributed by atoms with E-state index >= 15 is 0 Å². The highest BCUT2D eigenvalue weighted by atomic mass is 35.5. The number of benzene rings is 1. The second-order valence-electron chi connectivity index (χ2n) is 7.96. The molecule has 0 aliphatic carbocycles. The van der Waals surface area contributed by atoms with E-state index in [0.29, 0.717) is 6.29 Å². The second-order valence-corrected chi connectivity index (χ2v) is 8.84. The molecule has 0 aromatic heterocycles. The summed E-state index contributed by atoms with van der Waals surface area (Å²) in [6.45, 7) is 0. The van der Waals surface area contributed by atoms with Crippen molar-refractivity contribution in [2.45, 2.75) is 50.2 Å². The van der Waals surface area contributed by atoms with Gasteiger partial charge in [-0.3, -0.25) is 24.0 Å². The molecule has 0 unspecified atom stereocenters. The number of nitrogens with one attached hydrogen (secondary N) is 2. The summed E-state index contributed by atoms with van der Waals surface area (Å²) in [4.78, 5) is 73.9. The number of aldehydes is 1. The van der Waals surface area contributed by atoms with E-state index in [1.807, 2.05) is 0 Å². The van der Waals surface area contributed by atoms with Crippen molar-refractivity contribution in [1.29, 1.82) is 0 Å². The van der Waals surface area contributed by atoms with Gasteiger partial charge in [-0.05, 0) is 37.5 Å². The summed E-state index contributed by atoms with van der Waals surface area (Å²) in [5, 5.41) is 16.2. The fraction of sp³-hybridized carbons (Fsp3) is 0.364. The van der Waals surface area contributed by atoms with Crippen molar-refractivity contribution in [3.63, 3.8) is 0 Å². The van der Waals surface area contributed by atoms with E-state index in [2.05, 4.69) is 10.6 Å². The molecule has 2 aliphatic rings. The number of nitrogens with zero attached hydrogens (tertiary/aromatic N) is 2. The van der Waals surface area contributed by atoms with Crippen LogP contribution < -0.4 is 10.6 Å². The molecule has 1 fully saturated rings. The molecular formula is C22H22Cl2N4O7. The molecule has 2 heterocycles. The lowest BCUT2D eigenvalue weighted by molar-refractivity contribution is -0.165. The third-order valence-corrected chi connectivity index (χ3v) is 5.89. The molecule has 1 saturated heterocycles. The van der Waals surface area contributed by atoms with Crippen molar-refractivity contribution in [3.8, 4) is 0 Å².